The van der Waals surface area contributed by atoms with Crippen molar-refractivity contribution in [2.75, 3.05) is 0 Å². The van der Waals surface area contributed by atoms with Crippen molar-refractivity contribution in [1.29, 1.82) is 0 Å². The first kappa shape index (κ1) is 29.5. The van der Waals surface area contributed by atoms with E-state index < -0.39 is 25.5 Å². The third-order valence-electron chi connectivity index (χ3n) is 7.81. The predicted octanol–water partition coefficient (Wildman–Crippen LogP) is 7.43. The molecule has 0 aliphatic heterocycles. The Kier molecular flexibility index (Phi) is 8.63. The molecule has 0 fully saturated rings. The van der Waals surface area contributed by atoms with Crippen LogP contribution in [0.25, 0.3) is 0 Å². The molecule has 212 valence electrons. The maximum Gasteiger partial charge on any atom is 0.159 e. The highest BCUT2D eigenvalue weighted by Gasteiger charge is 2.57. The molecule has 0 heterocycles. The molecular formula is C37H31O2P3S. The summed E-state index contributed by atoms with van der Waals surface area (Å²) in [5, 5.41) is 3.44. The van der Waals surface area contributed by atoms with Crippen molar-refractivity contribution >= 4 is 64.0 Å². The molecule has 0 atom stereocenters. The Balaban J connectivity index is 1.86. The summed E-state index contributed by atoms with van der Waals surface area (Å²) in [6.45, 7) is 0. The molecule has 0 radical (unpaired) electrons. The average Bonchev–Trinajstić information content (AvgIpc) is 3.10. The van der Waals surface area contributed by atoms with E-state index in [-0.39, 0.29) is 0 Å². The molecule has 0 saturated heterocycles. The monoisotopic (exact) mass is 632 g/mol. The van der Waals surface area contributed by atoms with Gasteiger partial charge in [-0.3, -0.25) is 0 Å². The molecule has 0 N–H and O–H groups in total. The zero-order chi connectivity index (χ0) is 29.8. The smallest absolute Gasteiger partial charge is 0.159 e. The van der Waals surface area contributed by atoms with Gasteiger partial charge in [-0.15, -0.1) is 0 Å². The zero-order valence-electron chi connectivity index (χ0n) is 23.5. The number of benzene rings is 6. The molecule has 6 heteroatoms. The fourth-order valence-electron chi connectivity index (χ4n) is 5.83. The topological polar surface area (TPSA) is 34.1 Å². The van der Waals surface area contributed by atoms with E-state index in [0.717, 1.165) is 10.6 Å². The molecule has 0 aliphatic rings. The van der Waals surface area contributed by atoms with Crippen molar-refractivity contribution in [3.05, 3.63) is 182 Å². The maximum absolute atomic E-state index is 16.7. The molecule has 0 spiro atoms. The molecule has 0 amide bonds. The van der Waals surface area contributed by atoms with Gasteiger partial charge in [0.15, 0.2) is 14.3 Å². The van der Waals surface area contributed by atoms with Crippen LogP contribution in [0, 0.1) is 0 Å². The lowest BCUT2D eigenvalue weighted by atomic mass is 10.4. The fraction of sp³-hybridized carbons (Fsp3) is 0.0270. The first-order valence-corrected chi connectivity index (χ1v) is 20.6. The average molecular weight is 633 g/mol. The van der Waals surface area contributed by atoms with E-state index in [4.69, 9.17) is 11.8 Å². The van der Waals surface area contributed by atoms with E-state index in [0.29, 0.717) is 21.2 Å². The van der Waals surface area contributed by atoms with Crippen LogP contribution in [-0.2, 0) is 20.9 Å². The van der Waals surface area contributed by atoms with Gasteiger partial charge in [0.1, 0.15) is 5.14 Å². The first-order chi connectivity index (χ1) is 21.0. The number of rotatable bonds is 9. The molecule has 43 heavy (non-hydrogen) atoms. The summed E-state index contributed by atoms with van der Waals surface area (Å²) in [4.78, 5) is 0. The minimum atomic E-state index is -3.76. The fourth-order valence-corrected chi connectivity index (χ4v) is 25.4. The highest BCUT2D eigenvalue weighted by atomic mass is 32.4. The van der Waals surface area contributed by atoms with Gasteiger partial charge in [0.05, 0.1) is 0 Å². The molecule has 0 aromatic heterocycles. The van der Waals surface area contributed by atoms with Crippen molar-refractivity contribution < 1.29 is 9.13 Å². The highest BCUT2D eigenvalue weighted by Crippen LogP contribution is 2.79. The van der Waals surface area contributed by atoms with Crippen LogP contribution < -0.4 is 31.8 Å². The molecule has 0 bridgehead atoms. The van der Waals surface area contributed by atoms with Crippen LogP contribution in [0.3, 0.4) is 0 Å². The molecule has 0 saturated carbocycles. The van der Waals surface area contributed by atoms with Crippen LogP contribution in [0.4, 0.5) is 0 Å². The van der Waals surface area contributed by atoms with E-state index in [2.05, 4.69) is 0 Å². The molecule has 6 aromatic rings. The van der Waals surface area contributed by atoms with Gasteiger partial charge in [-0.05, 0) is 10.6 Å². The van der Waals surface area contributed by atoms with Crippen LogP contribution in [0.1, 0.15) is 0 Å². The molecule has 6 aromatic carbocycles. The van der Waals surface area contributed by atoms with Gasteiger partial charge in [-0.1, -0.05) is 194 Å². The van der Waals surface area contributed by atoms with Crippen molar-refractivity contribution in [2.45, 2.75) is 5.14 Å². The summed E-state index contributed by atoms with van der Waals surface area (Å²) < 4.78 is 33.4. The quantitative estimate of drug-likeness (QED) is 0.156. The molecule has 2 nitrogen and oxygen atoms in total. The van der Waals surface area contributed by atoms with Crippen LogP contribution >= 0.6 is 20.3 Å². The lowest BCUT2D eigenvalue weighted by Gasteiger charge is -2.42. The molecule has 0 unspecified atom stereocenters. The summed E-state index contributed by atoms with van der Waals surface area (Å²) in [7, 11) is -7.51. The normalized spacial score (nSPS) is 12.2. The Morgan fingerprint density at radius 3 is 0.721 bits per heavy atom. The van der Waals surface area contributed by atoms with Gasteiger partial charge in [-0.2, -0.15) is 0 Å². The predicted molar refractivity (Wildman–Crippen MR) is 190 cm³/mol. The summed E-state index contributed by atoms with van der Waals surface area (Å²) in [6, 6.07) is 55.1. The summed E-state index contributed by atoms with van der Waals surface area (Å²) in [5.41, 5.74) is 0. The lowest BCUT2D eigenvalue weighted by molar-refractivity contribution is 0.580. The Morgan fingerprint density at radius 2 is 0.512 bits per heavy atom. The highest BCUT2D eigenvalue weighted by molar-refractivity contribution is 8.30. The first-order valence-electron chi connectivity index (χ1n) is 14.1. The van der Waals surface area contributed by atoms with E-state index in [1.165, 1.54) is 0 Å². The second-order valence-electron chi connectivity index (χ2n) is 10.3. The summed E-state index contributed by atoms with van der Waals surface area (Å²) in [5.74, 6) is 0. The van der Waals surface area contributed by atoms with Gasteiger partial charge < -0.3 is 9.13 Å². The van der Waals surface area contributed by atoms with Crippen LogP contribution in [0.15, 0.2) is 182 Å². The number of hydrogen-bond donors (Lipinski definition) is 0. The minimum Gasteiger partial charge on any atom is -0.312 e. The van der Waals surface area contributed by atoms with Crippen molar-refractivity contribution in [3.63, 3.8) is 0 Å². The van der Waals surface area contributed by atoms with Gasteiger partial charge in [-0.25, -0.2) is 0 Å². The van der Waals surface area contributed by atoms with E-state index in [1.807, 2.05) is 182 Å². The van der Waals surface area contributed by atoms with Crippen LogP contribution in [-0.4, -0.2) is 5.14 Å². The Morgan fingerprint density at radius 1 is 0.326 bits per heavy atom. The van der Waals surface area contributed by atoms with Crippen molar-refractivity contribution in [3.8, 4) is 0 Å². The second kappa shape index (κ2) is 12.6. The van der Waals surface area contributed by atoms with Crippen molar-refractivity contribution in [2.24, 2.45) is 0 Å². The Hall–Kier alpha value is -3.57. The van der Waals surface area contributed by atoms with Gasteiger partial charge >= 0.3 is 0 Å². The van der Waals surface area contributed by atoms with Gasteiger partial charge in [0, 0.05) is 27.3 Å². The van der Waals surface area contributed by atoms with Crippen LogP contribution in [0.2, 0.25) is 0 Å². The van der Waals surface area contributed by atoms with Gasteiger partial charge in [0.2, 0.25) is 0 Å². The SMILES string of the molecule is O=P(c1ccccc1)(c1ccccc1)C(P(=O)(c1ccccc1)c1ccccc1)P(=S)(c1ccccc1)c1ccccc1. The van der Waals surface area contributed by atoms with Crippen LogP contribution in [0.5, 0.6) is 0 Å². The van der Waals surface area contributed by atoms with Crippen molar-refractivity contribution in [1.82, 2.24) is 0 Å². The molecular weight excluding hydrogens is 601 g/mol. The Labute approximate surface area is 259 Å². The molecule has 0 aliphatic carbocycles. The van der Waals surface area contributed by atoms with E-state index in [9.17, 15) is 0 Å². The zero-order valence-corrected chi connectivity index (χ0v) is 27.0. The lowest BCUT2D eigenvalue weighted by Crippen LogP contribution is -2.37. The second-order valence-corrected chi connectivity index (χ2v) is 21.9. The maximum atomic E-state index is 16.7. The van der Waals surface area contributed by atoms with E-state index in [1.54, 1.807) is 0 Å². The third-order valence-corrected chi connectivity index (χ3v) is 25.0. The largest absolute Gasteiger partial charge is 0.312 e. The van der Waals surface area contributed by atoms with Gasteiger partial charge in [0.25, 0.3) is 0 Å². The Bertz CT molecular complexity index is 1570. The summed E-state index contributed by atoms with van der Waals surface area (Å²) >= 11 is 7.02. The summed E-state index contributed by atoms with van der Waals surface area (Å²) in [6.07, 6.45) is 0. The number of hydrogen-bond acceptors (Lipinski definition) is 3. The van der Waals surface area contributed by atoms with E-state index >= 15 is 9.13 Å². The minimum absolute atomic E-state index is 0.652. The standard InChI is InChI=1S/C37H31O2P3S/c38-40(31-19-7-1-8-20-31,32-21-9-2-10-22-32)37(41(39,33-23-11-3-12-24-33)34-25-13-4-14-26-34)42(43,35-27-15-5-16-28-35)36-29-17-6-18-30-36/h1-30,37H. The third kappa shape index (κ3) is 5.26. The molecule has 6 rings (SSSR count).